The number of fused-ring (bicyclic) bond motifs is 7. The van der Waals surface area contributed by atoms with Gasteiger partial charge in [-0.15, -0.1) is 0 Å². The molecule has 0 aliphatic carbocycles. The Bertz CT molecular complexity index is 2120. The van der Waals surface area contributed by atoms with E-state index in [9.17, 15) is 14.4 Å². The van der Waals surface area contributed by atoms with Crippen molar-refractivity contribution in [3.05, 3.63) is 77.6 Å². The van der Waals surface area contributed by atoms with Crippen LogP contribution in [0.5, 0.6) is 0 Å². The van der Waals surface area contributed by atoms with Gasteiger partial charge in [0.15, 0.2) is 0 Å². The van der Waals surface area contributed by atoms with E-state index in [1.165, 1.54) is 5.01 Å². The summed E-state index contributed by atoms with van der Waals surface area (Å²) >= 11 is 0. The number of hydrogen-bond acceptors (Lipinski definition) is 8. The molecule has 3 aromatic heterocycles. The van der Waals surface area contributed by atoms with Crippen molar-refractivity contribution in [2.45, 2.75) is 59.7 Å². The van der Waals surface area contributed by atoms with Crippen molar-refractivity contribution in [1.29, 1.82) is 0 Å². The average molecular weight is 679 g/mol. The molecule has 0 fully saturated rings. The molecule has 0 saturated heterocycles. The Balaban J connectivity index is 1.38. The molecule has 5 N–H and O–H groups in total. The molecule has 260 valence electrons. The number of nitrogens with two attached hydrogens (primary N) is 1. The van der Waals surface area contributed by atoms with Gasteiger partial charge in [0.1, 0.15) is 5.69 Å². The number of carbonyl (C=O) groups is 3. The minimum Gasteiger partial charge on any atom is -0.366 e. The molecule has 4 amide bonds. The van der Waals surface area contributed by atoms with Gasteiger partial charge >= 0.3 is 6.03 Å². The number of aryl methyl sites for hydroxylation is 4. The Morgan fingerprint density at radius 2 is 1.68 bits per heavy atom. The highest BCUT2D eigenvalue weighted by Crippen LogP contribution is 2.25. The zero-order valence-corrected chi connectivity index (χ0v) is 28.6. The highest BCUT2D eigenvalue weighted by molar-refractivity contribution is 6.04. The third-order valence-electron chi connectivity index (χ3n) is 8.77. The van der Waals surface area contributed by atoms with Crippen LogP contribution in [0, 0.1) is 6.92 Å². The minimum atomic E-state index is -0.565. The maximum Gasteiger partial charge on any atom is 0.344 e. The molecular weight excluding hydrogens is 636 g/mol. The van der Waals surface area contributed by atoms with Gasteiger partial charge < -0.3 is 20.2 Å². The van der Waals surface area contributed by atoms with Crippen LogP contribution in [0.3, 0.4) is 0 Å². The first-order chi connectivity index (χ1) is 24.2. The summed E-state index contributed by atoms with van der Waals surface area (Å²) in [5.41, 5.74) is 11.5. The van der Waals surface area contributed by atoms with E-state index in [1.807, 2.05) is 47.2 Å². The van der Waals surface area contributed by atoms with Crippen LogP contribution in [0.25, 0.3) is 22.1 Å². The summed E-state index contributed by atoms with van der Waals surface area (Å²) in [4.78, 5) is 49.1. The third-order valence-corrected chi connectivity index (χ3v) is 8.77. The maximum atomic E-state index is 14.0. The van der Waals surface area contributed by atoms with Crippen molar-refractivity contribution in [2.75, 3.05) is 30.3 Å². The second kappa shape index (κ2) is 14.7. The summed E-state index contributed by atoms with van der Waals surface area (Å²) in [6.45, 7) is 12.2. The number of nitrogens with zero attached hydrogens (tertiary/aromatic N) is 8. The summed E-state index contributed by atoms with van der Waals surface area (Å²) < 4.78 is 5.68. The molecule has 15 heteroatoms. The summed E-state index contributed by atoms with van der Waals surface area (Å²) in [5, 5.41) is 19.9. The fourth-order valence-electron chi connectivity index (χ4n) is 6.22. The molecular formula is C35H42N12O3. The lowest BCUT2D eigenvalue weighted by Gasteiger charge is -2.19. The molecule has 50 heavy (non-hydrogen) atoms. The van der Waals surface area contributed by atoms with Gasteiger partial charge in [0.2, 0.25) is 17.8 Å². The first kappa shape index (κ1) is 34.0. The van der Waals surface area contributed by atoms with Gasteiger partial charge in [0, 0.05) is 37.3 Å². The summed E-state index contributed by atoms with van der Waals surface area (Å²) in [6, 6.07) is 12.4. The van der Waals surface area contributed by atoms with Crippen LogP contribution in [0.15, 0.2) is 60.2 Å². The van der Waals surface area contributed by atoms with Crippen molar-refractivity contribution in [3.63, 3.8) is 0 Å². The van der Waals surface area contributed by atoms with E-state index in [4.69, 9.17) is 15.7 Å². The van der Waals surface area contributed by atoms with Crippen LogP contribution in [0.1, 0.15) is 58.8 Å². The van der Waals surface area contributed by atoms with E-state index >= 15 is 0 Å². The van der Waals surface area contributed by atoms with Gasteiger partial charge in [-0.2, -0.15) is 10.2 Å². The standard InChI is InChI=1S/C35H42N12O3/c1-5-22(3)42-47-20-17-37-16-15-25-23(4)43-46(6-2)30(25)32(49)40-33-38-26-11-7-8-12-28(26)44(33)18-9-10-19-45-29-14-13-24(31(36)48)21-27(29)39-34(45)41-35(47)50/h5,7-8,11-14,21,37H,1,6,9-10,15-20H2,2-4H3,(H2,36,48)(H,38,40,49)(H,39,41,50)/b42-22-. The van der Waals surface area contributed by atoms with E-state index in [-0.39, 0.29) is 12.5 Å². The second-order valence-corrected chi connectivity index (χ2v) is 12.1. The molecule has 4 heterocycles. The number of carbonyl (C=O) groups excluding carboxylic acids is 3. The highest BCUT2D eigenvalue weighted by atomic mass is 16.2. The van der Waals surface area contributed by atoms with Gasteiger partial charge in [-0.3, -0.25) is 24.9 Å². The van der Waals surface area contributed by atoms with Gasteiger partial charge in [-0.05, 0) is 83.0 Å². The monoisotopic (exact) mass is 678 g/mol. The quantitative estimate of drug-likeness (QED) is 0.205. The molecule has 0 atom stereocenters. The SMILES string of the molecule is C=C/C(C)=N\N1CCNCCc2c(C)nn(CC)c2C(=O)Nc2nc3ccccc3n2CCCCn2c(nc3cc(C(N)=O)ccc32)NC1=O. The Morgan fingerprint density at radius 1 is 0.980 bits per heavy atom. The number of amides is 4. The minimum absolute atomic E-state index is 0.250. The fraction of sp³-hybridized carbons (Fsp3) is 0.343. The molecule has 0 spiro atoms. The van der Waals surface area contributed by atoms with E-state index < -0.39 is 11.9 Å². The van der Waals surface area contributed by atoms with Gasteiger partial charge in [0.25, 0.3) is 5.91 Å². The lowest BCUT2D eigenvalue weighted by molar-refractivity contribution is 0.0995. The molecule has 0 unspecified atom stereocenters. The Labute approximate surface area is 289 Å². The molecule has 0 bridgehead atoms. The molecule has 5 aromatic rings. The summed E-state index contributed by atoms with van der Waals surface area (Å²) in [5.74, 6) is -0.0472. The van der Waals surface area contributed by atoms with Gasteiger partial charge in [-0.25, -0.2) is 19.8 Å². The van der Waals surface area contributed by atoms with E-state index in [1.54, 1.807) is 35.9 Å². The van der Waals surface area contributed by atoms with Crippen LogP contribution in [0.4, 0.5) is 16.7 Å². The van der Waals surface area contributed by atoms with Crippen molar-refractivity contribution < 1.29 is 14.4 Å². The number of aromatic nitrogens is 6. The fourth-order valence-corrected chi connectivity index (χ4v) is 6.22. The third kappa shape index (κ3) is 6.98. The number of hydrogen-bond donors (Lipinski definition) is 4. The number of imidazole rings is 2. The second-order valence-electron chi connectivity index (χ2n) is 12.1. The Hall–Kier alpha value is -5.83. The zero-order chi connectivity index (χ0) is 35.4. The summed E-state index contributed by atoms with van der Waals surface area (Å²) in [7, 11) is 0. The molecule has 6 rings (SSSR count). The lowest BCUT2D eigenvalue weighted by Crippen LogP contribution is -2.37. The number of rotatable bonds is 4. The Kier molecular flexibility index (Phi) is 10.0. The zero-order valence-electron chi connectivity index (χ0n) is 28.6. The van der Waals surface area contributed by atoms with Crippen molar-refractivity contribution in [3.8, 4) is 0 Å². The number of allylic oxidation sites excluding steroid dienone is 1. The summed E-state index contributed by atoms with van der Waals surface area (Å²) in [6.07, 6.45) is 3.53. The highest BCUT2D eigenvalue weighted by Gasteiger charge is 2.24. The molecule has 1 aliphatic rings. The first-order valence-electron chi connectivity index (χ1n) is 16.8. The van der Waals surface area contributed by atoms with Crippen molar-refractivity contribution in [1.82, 2.24) is 39.2 Å². The van der Waals surface area contributed by atoms with Gasteiger partial charge in [0.05, 0.1) is 40.0 Å². The number of benzene rings is 2. The van der Waals surface area contributed by atoms with Gasteiger partial charge in [-0.1, -0.05) is 18.7 Å². The normalized spacial score (nSPS) is 15.6. The first-order valence-corrected chi connectivity index (χ1v) is 16.8. The number of anilines is 2. The van der Waals surface area contributed by atoms with Crippen LogP contribution in [0.2, 0.25) is 0 Å². The number of hydrazone groups is 1. The molecule has 0 saturated carbocycles. The van der Waals surface area contributed by atoms with Crippen LogP contribution in [-0.2, 0) is 26.1 Å². The largest absolute Gasteiger partial charge is 0.366 e. The van der Waals surface area contributed by atoms with E-state index in [0.29, 0.717) is 86.4 Å². The lowest BCUT2D eigenvalue weighted by atomic mass is 10.1. The molecule has 2 aromatic carbocycles. The topological polar surface area (TPSA) is 182 Å². The predicted molar refractivity (Wildman–Crippen MR) is 193 cm³/mol. The smallest absolute Gasteiger partial charge is 0.344 e. The van der Waals surface area contributed by atoms with Crippen LogP contribution in [-0.4, -0.2) is 77.1 Å². The number of nitrogens with one attached hydrogen (secondary N) is 3. The van der Waals surface area contributed by atoms with E-state index in [2.05, 4.69) is 32.7 Å². The predicted octanol–water partition coefficient (Wildman–Crippen LogP) is 4.28. The van der Waals surface area contributed by atoms with Crippen molar-refractivity contribution >= 4 is 57.5 Å². The average Bonchev–Trinajstić information content (AvgIpc) is 3.74. The molecule has 1 aliphatic heterocycles. The number of primary amides is 1. The van der Waals surface area contributed by atoms with Crippen molar-refractivity contribution in [2.24, 2.45) is 10.8 Å². The van der Waals surface area contributed by atoms with Crippen LogP contribution < -0.4 is 21.7 Å². The number of para-hydroxylation sites is 2. The maximum absolute atomic E-state index is 14.0. The molecule has 15 nitrogen and oxygen atoms in total. The number of urea groups is 1. The van der Waals surface area contributed by atoms with E-state index in [0.717, 1.165) is 27.8 Å². The Morgan fingerprint density at radius 3 is 2.40 bits per heavy atom. The molecule has 0 radical (unpaired) electrons. The van der Waals surface area contributed by atoms with Crippen LogP contribution >= 0.6 is 0 Å².